The molecule has 1 aliphatic rings. The van der Waals surface area contributed by atoms with Crippen LogP contribution in [-0.2, 0) is 14.8 Å². The van der Waals surface area contributed by atoms with Crippen LogP contribution in [0.5, 0.6) is 0 Å². The standard InChI is InChI=1S/C12H13BrClNO4S/c13-11-8(14)4-3-6-10(11)20(18,19)15-7-2-1-5-9(15)12(16)17/h3-4,6,9H,1-2,5,7H2,(H,16,17). The van der Waals surface area contributed by atoms with Crippen LogP contribution in [0, 0.1) is 0 Å². The number of hydrogen-bond acceptors (Lipinski definition) is 3. The fourth-order valence-electron chi connectivity index (χ4n) is 2.25. The quantitative estimate of drug-likeness (QED) is 0.872. The Balaban J connectivity index is 2.48. The summed E-state index contributed by atoms with van der Waals surface area (Å²) < 4.78 is 26.6. The summed E-state index contributed by atoms with van der Waals surface area (Å²) in [5.41, 5.74) is 0. The third-order valence-corrected chi connectivity index (χ3v) is 6.85. The fraction of sp³-hybridized carbons (Fsp3) is 0.417. The molecule has 0 amide bonds. The molecule has 1 N–H and O–H groups in total. The third kappa shape index (κ3) is 2.86. The zero-order valence-electron chi connectivity index (χ0n) is 10.4. The van der Waals surface area contributed by atoms with Gasteiger partial charge < -0.3 is 5.11 Å². The van der Waals surface area contributed by atoms with Crippen LogP contribution in [0.15, 0.2) is 27.6 Å². The van der Waals surface area contributed by atoms with E-state index in [-0.39, 0.29) is 20.9 Å². The normalized spacial score (nSPS) is 20.8. The molecule has 20 heavy (non-hydrogen) atoms. The van der Waals surface area contributed by atoms with E-state index in [1.165, 1.54) is 12.1 Å². The van der Waals surface area contributed by atoms with Crippen molar-refractivity contribution in [2.75, 3.05) is 6.54 Å². The van der Waals surface area contributed by atoms with Gasteiger partial charge in [0.05, 0.1) is 14.4 Å². The molecule has 8 heteroatoms. The first-order valence-electron chi connectivity index (χ1n) is 6.04. The van der Waals surface area contributed by atoms with E-state index in [1.54, 1.807) is 6.07 Å². The summed E-state index contributed by atoms with van der Waals surface area (Å²) in [6.07, 6.45) is 1.69. The lowest BCUT2D eigenvalue weighted by Crippen LogP contribution is -2.47. The molecule has 0 aromatic heterocycles. The Hall–Kier alpha value is -0.630. The van der Waals surface area contributed by atoms with E-state index in [0.29, 0.717) is 19.3 Å². The molecule has 0 bridgehead atoms. The predicted molar refractivity (Wildman–Crippen MR) is 78.3 cm³/mol. The van der Waals surface area contributed by atoms with Crippen LogP contribution in [0.2, 0.25) is 5.02 Å². The molecule has 5 nitrogen and oxygen atoms in total. The van der Waals surface area contributed by atoms with Crippen molar-refractivity contribution >= 4 is 43.5 Å². The molecule has 1 unspecified atom stereocenters. The van der Waals surface area contributed by atoms with Gasteiger partial charge in [-0.2, -0.15) is 4.31 Å². The molecule has 1 aliphatic heterocycles. The minimum absolute atomic E-state index is 0.00171. The number of hydrogen-bond donors (Lipinski definition) is 1. The molecule has 0 saturated carbocycles. The van der Waals surface area contributed by atoms with Gasteiger partial charge in [0.1, 0.15) is 6.04 Å². The zero-order valence-corrected chi connectivity index (χ0v) is 13.6. The Kier molecular flexibility index (Phi) is 4.73. The molecule has 0 radical (unpaired) electrons. The minimum Gasteiger partial charge on any atom is -0.480 e. The Morgan fingerprint density at radius 2 is 2.10 bits per heavy atom. The van der Waals surface area contributed by atoms with Crippen molar-refractivity contribution in [3.8, 4) is 0 Å². The zero-order chi connectivity index (χ0) is 14.9. The first-order chi connectivity index (χ1) is 9.35. The monoisotopic (exact) mass is 381 g/mol. The second-order valence-electron chi connectivity index (χ2n) is 4.52. The van der Waals surface area contributed by atoms with Gasteiger partial charge in [0.25, 0.3) is 0 Å². The van der Waals surface area contributed by atoms with Crippen molar-refractivity contribution in [3.63, 3.8) is 0 Å². The van der Waals surface area contributed by atoms with Gasteiger partial charge in [-0.3, -0.25) is 4.79 Å². The average molecular weight is 383 g/mol. The molecule has 1 atom stereocenters. The topological polar surface area (TPSA) is 74.7 Å². The van der Waals surface area contributed by atoms with Gasteiger partial charge in [0, 0.05) is 6.54 Å². The van der Waals surface area contributed by atoms with Crippen LogP contribution in [-0.4, -0.2) is 36.4 Å². The second kappa shape index (κ2) is 6.01. The molecule has 0 aliphatic carbocycles. The Bertz CT molecular complexity index is 634. The molecule has 1 fully saturated rings. The number of carboxylic acid groups (broad SMARTS) is 1. The van der Waals surface area contributed by atoms with Gasteiger partial charge in [-0.15, -0.1) is 0 Å². The first-order valence-corrected chi connectivity index (χ1v) is 8.65. The van der Waals surface area contributed by atoms with Gasteiger partial charge >= 0.3 is 5.97 Å². The van der Waals surface area contributed by atoms with Crippen LogP contribution >= 0.6 is 27.5 Å². The third-order valence-electron chi connectivity index (χ3n) is 3.24. The average Bonchev–Trinajstić information content (AvgIpc) is 2.41. The second-order valence-corrected chi connectivity index (χ2v) is 7.58. The molecule has 110 valence electrons. The van der Waals surface area contributed by atoms with E-state index >= 15 is 0 Å². The summed E-state index contributed by atoms with van der Waals surface area (Å²) in [6.45, 7) is 0.207. The summed E-state index contributed by atoms with van der Waals surface area (Å²) >= 11 is 9.07. The summed E-state index contributed by atoms with van der Waals surface area (Å²) in [6, 6.07) is 3.49. The lowest BCUT2D eigenvalue weighted by molar-refractivity contribution is -0.142. The van der Waals surface area contributed by atoms with Gasteiger partial charge in [-0.1, -0.05) is 17.7 Å². The van der Waals surface area contributed by atoms with Crippen LogP contribution in [0.3, 0.4) is 0 Å². The molecule has 2 rings (SSSR count). The van der Waals surface area contributed by atoms with Gasteiger partial charge in [-0.25, -0.2) is 8.42 Å². The highest BCUT2D eigenvalue weighted by atomic mass is 79.9. The number of rotatable bonds is 3. The number of aliphatic carboxylic acids is 1. The highest BCUT2D eigenvalue weighted by molar-refractivity contribution is 9.10. The van der Waals surface area contributed by atoms with Gasteiger partial charge in [-0.05, 0) is 47.3 Å². The van der Waals surface area contributed by atoms with Gasteiger partial charge in [0.2, 0.25) is 10.0 Å². The van der Waals surface area contributed by atoms with Crippen molar-refractivity contribution in [1.29, 1.82) is 0 Å². The summed E-state index contributed by atoms with van der Waals surface area (Å²) in [5.74, 6) is -1.12. The maximum atomic E-state index is 12.6. The number of sulfonamides is 1. The van der Waals surface area contributed by atoms with E-state index in [2.05, 4.69) is 15.9 Å². The van der Waals surface area contributed by atoms with Crippen LogP contribution < -0.4 is 0 Å². The molecule has 1 saturated heterocycles. The summed E-state index contributed by atoms with van der Waals surface area (Å²) in [7, 11) is -3.89. The van der Waals surface area contributed by atoms with Crippen molar-refractivity contribution in [2.45, 2.75) is 30.2 Å². The number of carboxylic acids is 1. The number of carbonyl (C=O) groups is 1. The highest BCUT2D eigenvalue weighted by Gasteiger charge is 2.38. The number of halogens is 2. The summed E-state index contributed by atoms with van der Waals surface area (Å²) in [4.78, 5) is 11.2. The SMILES string of the molecule is O=C(O)C1CCCCN1S(=O)(=O)c1cccc(Cl)c1Br. The van der Waals surface area contributed by atoms with E-state index in [0.717, 1.165) is 4.31 Å². The number of piperidine rings is 1. The molecular weight excluding hydrogens is 370 g/mol. The van der Waals surface area contributed by atoms with E-state index in [4.69, 9.17) is 11.6 Å². The molecule has 1 aromatic rings. The van der Waals surface area contributed by atoms with E-state index in [9.17, 15) is 18.3 Å². The maximum Gasteiger partial charge on any atom is 0.322 e. The molecule has 1 heterocycles. The Labute approximate surface area is 130 Å². The van der Waals surface area contributed by atoms with E-state index in [1.807, 2.05) is 0 Å². The maximum absolute atomic E-state index is 12.6. The van der Waals surface area contributed by atoms with Crippen molar-refractivity contribution < 1.29 is 18.3 Å². The van der Waals surface area contributed by atoms with Crippen molar-refractivity contribution in [3.05, 3.63) is 27.7 Å². The van der Waals surface area contributed by atoms with Crippen molar-refractivity contribution in [1.82, 2.24) is 4.31 Å². The molecule has 0 spiro atoms. The van der Waals surface area contributed by atoms with Crippen LogP contribution in [0.1, 0.15) is 19.3 Å². The van der Waals surface area contributed by atoms with Gasteiger partial charge in [0.15, 0.2) is 0 Å². The smallest absolute Gasteiger partial charge is 0.322 e. The lowest BCUT2D eigenvalue weighted by Gasteiger charge is -2.32. The first kappa shape index (κ1) is 15.8. The lowest BCUT2D eigenvalue weighted by atomic mass is 10.1. The fourth-order valence-corrected chi connectivity index (χ4v) is 5.10. The Morgan fingerprint density at radius 3 is 2.75 bits per heavy atom. The predicted octanol–water partition coefficient (Wildman–Crippen LogP) is 2.73. The number of nitrogens with zero attached hydrogens (tertiary/aromatic N) is 1. The molecular formula is C12H13BrClNO4S. The van der Waals surface area contributed by atoms with E-state index < -0.39 is 22.0 Å². The Morgan fingerprint density at radius 1 is 1.40 bits per heavy atom. The van der Waals surface area contributed by atoms with Crippen LogP contribution in [0.25, 0.3) is 0 Å². The molecule has 1 aromatic carbocycles. The number of benzene rings is 1. The van der Waals surface area contributed by atoms with Crippen molar-refractivity contribution in [2.24, 2.45) is 0 Å². The van der Waals surface area contributed by atoms with Crippen LogP contribution in [0.4, 0.5) is 0 Å². The largest absolute Gasteiger partial charge is 0.480 e. The minimum atomic E-state index is -3.89. The summed E-state index contributed by atoms with van der Waals surface area (Å²) in [5, 5.41) is 9.47. The highest BCUT2D eigenvalue weighted by Crippen LogP contribution is 2.33.